The molecule has 2 bridgehead atoms. The van der Waals surface area contributed by atoms with E-state index in [0.717, 1.165) is 0 Å². The average Bonchev–Trinajstić information content (AvgIpc) is 2.79. The van der Waals surface area contributed by atoms with Crippen LogP contribution in [0.3, 0.4) is 0 Å². The van der Waals surface area contributed by atoms with Gasteiger partial charge in [0.2, 0.25) is 5.78 Å². The highest BCUT2D eigenvalue weighted by atomic mass is 19.4. The second kappa shape index (κ2) is 5.30. The molecule has 0 aromatic heterocycles. The molecule has 0 spiro atoms. The van der Waals surface area contributed by atoms with Crippen molar-refractivity contribution in [3.63, 3.8) is 0 Å². The predicted octanol–water partition coefficient (Wildman–Crippen LogP) is 4.59. The summed E-state index contributed by atoms with van der Waals surface area (Å²) in [4.78, 5) is 24.6. The Morgan fingerprint density at radius 2 is 1.64 bits per heavy atom. The van der Waals surface area contributed by atoms with E-state index in [2.05, 4.69) is 0 Å². The van der Waals surface area contributed by atoms with Crippen LogP contribution in [0.4, 0.5) is 30.7 Å². The quantitative estimate of drug-likeness (QED) is 0.410. The normalized spacial score (nSPS) is 32.6. The van der Waals surface area contributed by atoms with Crippen molar-refractivity contribution in [2.45, 2.75) is 51.6 Å². The highest BCUT2D eigenvalue weighted by molar-refractivity contribution is 6.11. The molecule has 142 valence electrons. The van der Waals surface area contributed by atoms with Crippen molar-refractivity contribution in [1.29, 1.82) is 0 Å². The van der Waals surface area contributed by atoms with Crippen molar-refractivity contribution in [3.8, 4) is 0 Å². The molecule has 2 aliphatic rings. The number of carbonyl (C=O) groups is 2. The van der Waals surface area contributed by atoms with Crippen molar-refractivity contribution in [2.24, 2.45) is 22.7 Å². The summed E-state index contributed by atoms with van der Waals surface area (Å²) in [6, 6.07) is 0. The van der Waals surface area contributed by atoms with E-state index >= 15 is 0 Å². The van der Waals surface area contributed by atoms with Crippen molar-refractivity contribution in [2.75, 3.05) is 0 Å². The smallest absolute Gasteiger partial charge is 0.298 e. The molecule has 2 saturated carbocycles. The molecular formula is C16H17F7O2. The minimum atomic E-state index is -6.61. The van der Waals surface area contributed by atoms with E-state index in [1.54, 1.807) is 6.92 Å². The molecule has 3 atom stereocenters. The van der Waals surface area contributed by atoms with Gasteiger partial charge in [0.25, 0.3) is 0 Å². The molecule has 1 unspecified atom stereocenters. The van der Waals surface area contributed by atoms with Gasteiger partial charge in [-0.15, -0.1) is 0 Å². The van der Waals surface area contributed by atoms with Gasteiger partial charge in [-0.3, -0.25) is 9.59 Å². The number of carbonyl (C=O) groups excluding carboxylic acids is 2. The monoisotopic (exact) mass is 374 g/mol. The van der Waals surface area contributed by atoms with Crippen LogP contribution in [0, 0.1) is 22.7 Å². The zero-order valence-electron chi connectivity index (χ0n) is 13.7. The maximum atomic E-state index is 13.8. The minimum absolute atomic E-state index is 0.118. The van der Waals surface area contributed by atoms with E-state index in [4.69, 9.17) is 0 Å². The molecular weight excluding hydrogens is 357 g/mol. The van der Waals surface area contributed by atoms with Gasteiger partial charge in [0, 0.05) is 0 Å². The molecule has 2 nitrogen and oxygen atoms in total. The van der Waals surface area contributed by atoms with Gasteiger partial charge in [-0.2, -0.15) is 30.7 Å². The molecule has 2 rings (SSSR count). The molecule has 0 aromatic carbocycles. The standard InChI is InChI=1S/C16H17F7O2/c1-4-6-13-7-5-8(12(13,2)3)9(10(13)24)11(25)14(17,18)15(19,20)16(21,22)23/h4,6,8-9H,5,7H2,1-3H3/b6-4-/t8-,9?,13-/m1/s1. The Hall–Kier alpha value is -1.41. The van der Waals surface area contributed by atoms with E-state index < -0.39 is 52.3 Å². The fraction of sp³-hybridized carbons (Fsp3) is 0.750. The van der Waals surface area contributed by atoms with Crippen molar-refractivity contribution >= 4 is 11.6 Å². The van der Waals surface area contributed by atoms with Crippen LogP contribution in [0.1, 0.15) is 33.6 Å². The topological polar surface area (TPSA) is 34.1 Å². The summed E-state index contributed by atoms with van der Waals surface area (Å²) >= 11 is 0. The predicted molar refractivity (Wildman–Crippen MR) is 73.2 cm³/mol. The van der Waals surface area contributed by atoms with Gasteiger partial charge < -0.3 is 0 Å². The molecule has 0 N–H and O–H groups in total. The van der Waals surface area contributed by atoms with E-state index in [1.807, 2.05) is 0 Å². The summed E-state index contributed by atoms with van der Waals surface area (Å²) in [7, 11) is 0. The van der Waals surface area contributed by atoms with Crippen LogP contribution in [-0.2, 0) is 9.59 Å². The second-order valence-corrected chi connectivity index (χ2v) is 7.19. The van der Waals surface area contributed by atoms with E-state index in [-0.39, 0.29) is 12.8 Å². The molecule has 25 heavy (non-hydrogen) atoms. The van der Waals surface area contributed by atoms with Crippen molar-refractivity contribution in [3.05, 3.63) is 12.2 Å². The number of allylic oxidation sites excluding steroid dienone is 2. The number of fused-ring (bicyclic) bond motifs is 2. The molecule has 0 heterocycles. The number of halogens is 7. The first-order chi connectivity index (χ1) is 11.1. The Bertz CT molecular complexity index is 633. The third-order valence-electron chi connectivity index (χ3n) is 5.84. The Morgan fingerprint density at radius 3 is 2.08 bits per heavy atom. The molecule has 0 amide bonds. The first kappa shape index (κ1) is 19.9. The average molecular weight is 374 g/mol. The van der Waals surface area contributed by atoms with Crippen LogP contribution >= 0.6 is 0 Å². The molecule has 2 aliphatic carbocycles. The Labute approximate surface area is 139 Å². The third-order valence-corrected chi connectivity index (χ3v) is 5.84. The molecule has 0 saturated heterocycles. The lowest BCUT2D eigenvalue weighted by molar-refractivity contribution is -0.344. The summed E-state index contributed by atoms with van der Waals surface area (Å²) < 4.78 is 91.0. The van der Waals surface area contributed by atoms with Gasteiger partial charge in [-0.25, -0.2) is 0 Å². The van der Waals surface area contributed by atoms with E-state index in [1.165, 1.54) is 26.0 Å². The number of alkyl halides is 7. The Balaban J connectivity index is 2.50. The van der Waals surface area contributed by atoms with Crippen LogP contribution in [-0.4, -0.2) is 29.6 Å². The molecule has 2 fully saturated rings. The second-order valence-electron chi connectivity index (χ2n) is 7.19. The molecule has 0 radical (unpaired) electrons. The SMILES string of the molecule is C/C=C\[C@@]12CC[C@H](C(C(=O)C(F)(F)C(F)(F)C(F)(F)F)C1=O)C2(C)C. The third kappa shape index (κ3) is 2.23. The first-order valence-corrected chi connectivity index (χ1v) is 7.64. The lowest BCUT2D eigenvalue weighted by Gasteiger charge is -2.33. The fourth-order valence-electron chi connectivity index (χ4n) is 4.38. The maximum Gasteiger partial charge on any atom is 0.460 e. The molecule has 0 aromatic rings. The number of hydrogen-bond acceptors (Lipinski definition) is 2. The van der Waals surface area contributed by atoms with Crippen LogP contribution in [0.2, 0.25) is 0 Å². The Morgan fingerprint density at radius 1 is 1.12 bits per heavy atom. The van der Waals surface area contributed by atoms with Crippen LogP contribution in [0.5, 0.6) is 0 Å². The maximum absolute atomic E-state index is 13.8. The van der Waals surface area contributed by atoms with Crippen LogP contribution < -0.4 is 0 Å². The lowest BCUT2D eigenvalue weighted by atomic mass is 9.69. The molecule has 9 heteroatoms. The van der Waals surface area contributed by atoms with Crippen molar-refractivity contribution in [1.82, 2.24) is 0 Å². The van der Waals surface area contributed by atoms with Crippen LogP contribution in [0.15, 0.2) is 12.2 Å². The van der Waals surface area contributed by atoms with E-state index in [9.17, 15) is 40.3 Å². The summed E-state index contributed by atoms with van der Waals surface area (Å²) in [6.07, 6.45) is -3.34. The number of hydrogen-bond donors (Lipinski definition) is 0. The summed E-state index contributed by atoms with van der Waals surface area (Å²) in [6.45, 7) is 4.64. The van der Waals surface area contributed by atoms with Gasteiger partial charge in [0.15, 0.2) is 5.78 Å². The summed E-state index contributed by atoms with van der Waals surface area (Å²) in [5, 5.41) is 0. The highest BCUT2D eigenvalue weighted by Crippen LogP contribution is 2.67. The lowest BCUT2D eigenvalue weighted by Crippen LogP contribution is -2.59. The highest BCUT2D eigenvalue weighted by Gasteiger charge is 2.79. The van der Waals surface area contributed by atoms with Gasteiger partial charge >= 0.3 is 18.0 Å². The van der Waals surface area contributed by atoms with Gasteiger partial charge in [0.05, 0.1) is 11.3 Å². The Kier molecular flexibility index (Phi) is 4.22. The number of rotatable bonds is 4. The zero-order chi connectivity index (χ0) is 19.6. The van der Waals surface area contributed by atoms with Gasteiger partial charge in [0.1, 0.15) is 0 Å². The largest absolute Gasteiger partial charge is 0.460 e. The summed E-state index contributed by atoms with van der Waals surface area (Å²) in [5.41, 5.74) is -2.31. The first-order valence-electron chi connectivity index (χ1n) is 7.64. The van der Waals surface area contributed by atoms with Crippen LogP contribution in [0.25, 0.3) is 0 Å². The summed E-state index contributed by atoms with van der Waals surface area (Å²) in [5.74, 6) is -19.4. The number of ketones is 2. The number of Topliss-reactive ketones (excluding diaryl/α,β-unsaturated/α-hetero) is 2. The minimum Gasteiger partial charge on any atom is -0.298 e. The molecule has 0 aliphatic heterocycles. The van der Waals surface area contributed by atoms with Gasteiger partial charge in [-0.1, -0.05) is 26.0 Å². The van der Waals surface area contributed by atoms with Crippen molar-refractivity contribution < 1.29 is 40.3 Å². The van der Waals surface area contributed by atoms with Gasteiger partial charge in [-0.05, 0) is 31.1 Å². The van der Waals surface area contributed by atoms with E-state index in [0.29, 0.717) is 0 Å². The fourth-order valence-corrected chi connectivity index (χ4v) is 4.38. The zero-order valence-corrected chi connectivity index (χ0v) is 13.7.